The molecule has 0 aromatic heterocycles. The Morgan fingerprint density at radius 2 is 1.88 bits per heavy atom. The van der Waals surface area contributed by atoms with E-state index in [4.69, 9.17) is 10.6 Å². The zero-order valence-electron chi connectivity index (χ0n) is 10.9. The number of ether oxygens (including phenoxy) is 1. The minimum atomic E-state index is 0.466. The maximum atomic E-state index is 5.74. The highest BCUT2D eigenvalue weighted by molar-refractivity contribution is 4.81. The molecule has 0 aromatic rings. The van der Waals surface area contributed by atoms with Gasteiger partial charge in [-0.2, -0.15) is 0 Å². The largest absolute Gasteiger partial charge is 0.385 e. The fourth-order valence-corrected chi connectivity index (χ4v) is 2.92. The van der Waals surface area contributed by atoms with Crippen LogP contribution in [0.15, 0.2) is 0 Å². The highest BCUT2D eigenvalue weighted by atomic mass is 16.5. The normalized spacial score (nSPS) is 22.7. The molecule has 1 saturated carbocycles. The highest BCUT2D eigenvalue weighted by Gasteiger charge is 2.26. The third-order valence-electron chi connectivity index (χ3n) is 3.99. The Balaban J connectivity index is 2.43. The van der Waals surface area contributed by atoms with Gasteiger partial charge in [-0.1, -0.05) is 32.6 Å². The van der Waals surface area contributed by atoms with Crippen molar-refractivity contribution in [1.82, 2.24) is 5.43 Å². The Morgan fingerprint density at radius 1 is 1.25 bits per heavy atom. The fourth-order valence-electron chi connectivity index (χ4n) is 2.92. The van der Waals surface area contributed by atoms with Crippen LogP contribution in [0.25, 0.3) is 0 Å². The van der Waals surface area contributed by atoms with Gasteiger partial charge < -0.3 is 4.74 Å². The van der Waals surface area contributed by atoms with Gasteiger partial charge in [0.1, 0.15) is 0 Å². The molecule has 0 aliphatic heterocycles. The van der Waals surface area contributed by atoms with Crippen LogP contribution in [0.2, 0.25) is 0 Å². The van der Waals surface area contributed by atoms with Crippen molar-refractivity contribution in [3.63, 3.8) is 0 Å². The van der Waals surface area contributed by atoms with Gasteiger partial charge in [-0.15, -0.1) is 0 Å². The van der Waals surface area contributed by atoms with Crippen molar-refractivity contribution in [3.05, 3.63) is 0 Å². The summed E-state index contributed by atoms with van der Waals surface area (Å²) in [5.41, 5.74) is 3.05. The number of hydrogen-bond donors (Lipinski definition) is 2. The van der Waals surface area contributed by atoms with Crippen molar-refractivity contribution < 1.29 is 4.74 Å². The molecule has 1 aliphatic carbocycles. The van der Waals surface area contributed by atoms with Crippen molar-refractivity contribution in [2.24, 2.45) is 17.7 Å². The molecule has 2 unspecified atom stereocenters. The Labute approximate surface area is 100 Å². The molecule has 0 bridgehead atoms. The topological polar surface area (TPSA) is 47.3 Å². The molecule has 0 spiro atoms. The number of nitrogens with one attached hydrogen (secondary N) is 1. The van der Waals surface area contributed by atoms with E-state index >= 15 is 0 Å². The Kier molecular flexibility index (Phi) is 7.01. The van der Waals surface area contributed by atoms with E-state index in [2.05, 4.69) is 12.3 Å². The first-order chi connectivity index (χ1) is 7.79. The summed E-state index contributed by atoms with van der Waals surface area (Å²) >= 11 is 0. The fraction of sp³-hybridized carbons (Fsp3) is 1.00. The average Bonchev–Trinajstić information content (AvgIpc) is 2.56. The van der Waals surface area contributed by atoms with Crippen LogP contribution >= 0.6 is 0 Å². The maximum Gasteiger partial charge on any atom is 0.0465 e. The number of methoxy groups -OCH3 is 1. The van der Waals surface area contributed by atoms with Crippen LogP contribution in [-0.2, 0) is 4.74 Å². The summed E-state index contributed by atoms with van der Waals surface area (Å²) in [6, 6.07) is 0.466. The van der Waals surface area contributed by atoms with Crippen molar-refractivity contribution >= 4 is 0 Å². The molecular formula is C13H28N2O. The van der Waals surface area contributed by atoms with Crippen LogP contribution in [0.4, 0.5) is 0 Å². The van der Waals surface area contributed by atoms with Crippen molar-refractivity contribution in [3.8, 4) is 0 Å². The van der Waals surface area contributed by atoms with E-state index in [0.717, 1.165) is 18.9 Å². The number of hydrogen-bond acceptors (Lipinski definition) is 3. The molecule has 1 aliphatic rings. The van der Waals surface area contributed by atoms with Gasteiger partial charge in [-0.25, -0.2) is 0 Å². The van der Waals surface area contributed by atoms with E-state index in [1.54, 1.807) is 7.11 Å². The van der Waals surface area contributed by atoms with Crippen LogP contribution in [0.5, 0.6) is 0 Å². The zero-order chi connectivity index (χ0) is 11.8. The van der Waals surface area contributed by atoms with Crippen LogP contribution in [0, 0.1) is 11.8 Å². The molecule has 0 radical (unpaired) electrons. The monoisotopic (exact) mass is 228 g/mol. The molecule has 3 nitrogen and oxygen atoms in total. The van der Waals surface area contributed by atoms with E-state index in [9.17, 15) is 0 Å². The lowest BCUT2D eigenvalue weighted by molar-refractivity contribution is 0.154. The summed E-state index contributed by atoms with van der Waals surface area (Å²) in [5.74, 6) is 7.10. The van der Waals surface area contributed by atoms with Crippen LogP contribution in [-0.4, -0.2) is 19.8 Å². The predicted octanol–water partition coefficient (Wildman–Crippen LogP) is 2.46. The quantitative estimate of drug-likeness (QED) is 0.417. The zero-order valence-corrected chi connectivity index (χ0v) is 10.9. The van der Waals surface area contributed by atoms with Gasteiger partial charge in [0.05, 0.1) is 0 Å². The Morgan fingerprint density at radius 3 is 2.38 bits per heavy atom. The average molecular weight is 228 g/mol. The van der Waals surface area contributed by atoms with Gasteiger partial charge >= 0.3 is 0 Å². The van der Waals surface area contributed by atoms with Crippen molar-refractivity contribution in [1.29, 1.82) is 0 Å². The van der Waals surface area contributed by atoms with Crippen LogP contribution < -0.4 is 11.3 Å². The minimum absolute atomic E-state index is 0.466. The first-order valence-corrected chi connectivity index (χ1v) is 6.74. The molecule has 1 rings (SSSR count). The third kappa shape index (κ3) is 4.40. The molecule has 16 heavy (non-hydrogen) atoms. The van der Waals surface area contributed by atoms with Crippen molar-refractivity contribution in [2.45, 2.75) is 57.9 Å². The van der Waals surface area contributed by atoms with E-state index < -0.39 is 0 Å². The number of hydrazine groups is 1. The molecule has 2 atom stereocenters. The molecule has 0 saturated heterocycles. The lowest BCUT2D eigenvalue weighted by atomic mass is 9.83. The molecule has 1 fully saturated rings. The van der Waals surface area contributed by atoms with Crippen molar-refractivity contribution in [2.75, 3.05) is 13.7 Å². The molecule has 0 heterocycles. The summed E-state index contributed by atoms with van der Waals surface area (Å²) in [6.45, 7) is 3.13. The summed E-state index contributed by atoms with van der Waals surface area (Å²) in [6.07, 6.45) is 9.33. The van der Waals surface area contributed by atoms with Gasteiger partial charge in [0.2, 0.25) is 0 Å². The second-order valence-electron chi connectivity index (χ2n) is 5.20. The van der Waals surface area contributed by atoms with E-state index in [1.807, 2.05) is 0 Å². The SMILES string of the molecule is COCCC(C)C(NN)C1CCCCCC1. The lowest BCUT2D eigenvalue weighted by Crippen LogP contribution is -2.45. The first kappa shape index (κ1) is 13.9. The molecular weight excluding hydrogens is 200 g/mol. The number of rotatable bonds is 6. The van der Waals surface area contributed by atoms with E-state index in [1.165, 1.54) is 38.5 Å². The Bertz CT molecular complexity index is 167. The smallest absolute Gasteiger partial charge is 0.0465 e. The Hall–Kier alpha value is -0.120. The summed E-state index contributed by atoms with van der Waals surface area (Å²) in [5, 5.41) is 0. The van der Waals surface area contributed by atoms with Gasteiger partial charge in [0, 0.05) is 19.8 Å². The van der Waals surface area contributed by atoms with E-state index in [-0.39, 0.29) is 0 Å². The van der Waals surface area contributed by atoms with Gasteiger partial charge in [0.15, 0.2) is 0 Å². The second-order valence-corrected chi connectivity index (χ2v) is 5.20. The van der Waals surface area contributed by atoms with Gasteiger partial charge in [-0.3, -0.25) is 11.3 Å². The summed E-state index contributed by atoms with van der Waals surface area (Å²) < 4.78 is 5.15. The molecule has 96 valence electrons. The van der Waals surface area contributed by atoms with Gasteiger partial charge in [-0.05, 0) is 31.1 Å². The van der Waals surface area contributed by atoms with Gasteiger partial charge in [0.25, 0.3) is 0 Å². The lowest BCUT2D eigenvalue weighted by Gasteiger charge is -2.30. The maximum absolute atomic E-state index is 5.74. The minimum Gasteiger partial charge on any atom is -0.385 e. The third-order valence-corrected chi connectivity index (χ3v) is 3.99. The standard InChI is InChI=1S/C13H28N2O/c1-11(9-10-16-2)13(15-14)12-7-5-3-4-6-8-12/h11-13,15H,3-10,14H2,1-2H3. The van der Waals surface area contributed by atoms with Crippen LogP contribution in [0.1, 0.15) is 51.9 Å². The highest BCUT2D eigenvalue weighted by Crippen LogP contribution is 2.29. The first-order valence-electron chi connectivity index (χ1n) is 6.74. The molecule has 0 amide bonds. The van der Waals surface area contributed by atoms with E-state index in [0.29, 0.717) is 12.0 Å². The summed E-state index contributed by atoms with van der Waals surface area (Å²) in [4.78, 5) is 0. The predicted molar refractivity (Wildman–Crippen MR) is 68.0 cm³/mol. The number of nitrogens with two attached hydrogens (primary N) is 1. The molecule has 0 aromatic carbocycles. The molecule has 3 N–H and O–H groups in total. The molecule has 3 heteroatoms. The summed E-state index contributed by atoms with van der Waals surface area (Å²) in [7, 11) is 1.77. The second kappa shape index (κ2) is 8.04. The van der Waals surface area contributed by atoms with Crippen LogP contribution in [0.3, 0.4) is 0 Å².